The van der Waals surface area contributed by atoms with Crippen molar-refractivity contribution >= 4 is 35.0 Å². The van der Waals surface area contributed by atoms with Gasteiger partial charge in [-0.3, -0.25) is 4.79 Å². The van der Waals surface area contributed by atoms with Gasteiger partial charge in [-0.05, 0) is 6.42 Å². The lowest BCUT2D eigenvalue weighted by Gasteiger charge is -1.99. The van der Waals surface area contributed by atoms with Gasteiger partial charge in [-0.25, -0.2) is 9.38 Å². The highest BCUT2D eigenvalue weighted by Crippen LogP contribution is 2.12. The van der Waals surface area contributed by atoms with E-state index in [9.17, 15) is 9.18 Å². The monoisotopic (exact) mass is 460 g/mol. The third-order valence-electron chi connectivity index (χ3n) is 2.82. The average molecular weight is 461 g/mol. The summed E-state index contributed by atoms with van der Waals surface area (Å²) in [5.74, 6) is -0.208. The first-order valence-electron chi connectivity index (χ1n) is 8.68. The Morgan fingerprint density at radius 2 is 1.97 bits per heavy atom. The van der Waals surface area contributed by atoms with Crippen LogP contribution in [0.2, 0.25) is 0 Å². The fourth-order valence-electron chi connectivity index (χ4n) is 1.20. The molecule has 0 saturated heterocycles. The molecule has 1 unspecified atom stereocenters. The second-order valence-corrected chi connectivity index (χ2v) is 5.64. The molecule has 0 saturated carbocycles. The maximum Gasteiger partial charge on any atom is 0.257 e. The zero-order valence-electron chi connectivity index (χ0n) is 17.6. The van der Waals surface area contributed by atoms with Gasteiger partial charge in [0.05, 0.1) is 6.26 Å². The minimum atomic E-state index is -0.631. The van der Waals surface area contributed by atoms with E-state index in [2.05, 4.69) is 54.5 Å². The van der Waals surface area contributed by atoms with Crippen molar-refractivity contribution in [2.75, 3.05) is 20.3 Å². The van der Waals surface area contributed by atoms with Gasteiger partial charge in [0.1, 0.15) is 18.5 Å². The molecule has 168 valence electrons. The number of carbonyl (C=O) groups is 1. The van der Waals surface area contributed by atoms with Crippen molar-refractivity contribution in [1.29, 1.82) is 0 Å². The summed E-state index contributed by atoms with van der Waals surface area (Å²) in [4.78, 5) is 14.8. The zero-order chi connectivity index (χ0) is 23.9. The smallest absolute Gasteiger partial charge is 0.257 e. The number of nitrogens with zero attached hydrogens (tertiary/aromatic N) is 1. The fourth-order valence-corrected chi connectivity index (χ4v) is 1.27. The number of halogens is 3. The van der Waals surface area contributed by atoms with Gasteiger partial charge in [-0.1, -0.05) is 62.0 Å². The van der Waals surface area contributed by atoms with Crippen molar-refractivity contribution in [2.45, 2.75) is 19.4 Å². The number of ether oxygens (including phenoxy) is 2. The van der Waals surface area contributed by atoms with Crippen molar-refractivity contribution in [3.05, 3.63) is 85.9 Å². The Balaban J connectivity index is -0.000000374. The first-order chi connectivity index (χ1) is 14.2. The second-order valence-electron chi connectivity index (χ2n) is 4.94. The Labute approximate surface area is 189 Å². The fraction of sp³-hybridized carbons (Fsp3) is 0.273. The van der Waals surface area contributed by atoms with Crippen molar-refractivity contribution in [3.63, 3.8) is 0 Å². The molecule has 5 nitrogen and oxygen atoms in total. The largest absolute Gasteiger partial charge is 0.491 e. The highest BCUT2D eigenvalue weighted by atomic mass is 35.5. The molecular formula is C22H31Cl2FN2O3. The summed E-state index contributed by atoms with van der Waals surface area (Å²) in [5.41, 5.74) is 1.73. The molecule has 0 bridgehead atoms. The van der Waals surface area contributed by atoms with Crippen molar-refractivity contribution in [3.8, 4) is 0 Å². The minimum absolute atomic E-state index is 0.133. The lowest BCUT2D eigenvalue weighted by atomic mass is 10.2. The number of allylic oxidation sites excluding steroid dienone is 4. The van der Waals surface area contributed by atoms with E-state index in [0.29, 0.717) is 17.5 Å². The van der Waals surface area contributed by atoms with Crippen LogP contribution in [0, 0.1) is 0 Å². The van der Waals surface area contributed by atoms with E-state index in [-0.39, 0.29) is 18.6 Å². The van der Waals surface area contributed by atoms with E-state index in [4.69, 9.17) is 27.9 Å². The molecule has 30 heavy (non-hydrogen) atoms. The molecular weight excluding hydrogens is 430 g/mol. The first kappa shape index (κ1) is 32.1. The van der Waals surface area contributed by atoms with Crippen molar-refractivity contribution in [2.24, 2.45) is 4.99 Å². The number of rotatable bonds is 8. The quantitative estimate of drug-likeness (QED) is 0.275. The van der Waals surface area contributed by atoms with Crippen LogP contribution < -0.4 is 5.32 Å². The van der Waals surface area contributed by atoms with Crippen LogP contribution in [0.1, 0.15) is 13.3 Å². The van der Waals surface area contributed by atoms with Crippen LogP contribution in [0.3, 0.4) is 0 Å². The molecule has 1 amide bonds. The van der Waals surface area contributed by atoms with E-state index in [1.807, 2.05) is 6.92 Å². The van der Waals surface area contributed by atoms with Gasteiger partial charge in [0.2, 0.25) is 5.90 Å². The molecule has 1 aliphatic heterocycles. The topological polar surface area (TPSA) is 59.9 Å². The number of aliphatic imine (C=N–C) groups is 1. The maximum absolute atomic E-state index is 12.2. The summed E-state index contributed by atoms with van der Waals surface area (Å²) < 4.78 is 22.1. The Bertz CT molecular complexity index is 644. The van der Waals surface area contributed by atoms with Gasteiger partial charge >= 0.3 is 0 Å². The SMILES string of the molecule is C=C.C=CC(=C)Cl.C=CC1COC(C(=C)CC)=N1.CNC(=O)CO/C=C/C(F)=C/Cl. The molecule has 1 N–H and O–H groups in total. The average Bonchev–Trinajstić information content (AvgIpc) is 3.27. The molecule has 0 aromatic heterocycles. The number of amides is 1. The van der Waals surface area contributed by atoms with E-state index in [1.54, 1.807) is 6.08 Å². The first-order valence-corrected chi connectivity index (χ1v) is 9.49. The predicted octanol–water partition coefficient (Wildman–Crippen LogP) is 5.98. The van der Waals surface area contributed by atoms with Gasteiger partial charge in [0.25, 0.3) is 5.91 Å². The summed E-state index contributed by atoms with van der Waals surface area (Å²) in [6, 6.07) is 0.133. The summed E-state index contributed by atoms with van der Waals surface area (Å²) in [6.45, 7) is 22.7. The van der Waals surface area contributed by atoms with E-state index >= 15 is 0 Å². The molecule has 0 aromatic rings. The lowest BCUT2D eigenvalue weighted by molar-refractivity contribution is -0.123. The third kappa shape index (κ3) is 20.2. The van der Waals surface area contributed by atoms with Crippen LogP contribution in [0.15, 0.2) is 90.9 Å². The number of likely N-dealkylation sites (N-methyl/N-ethyl adjacent to an activating group) is 1. The van der Waals surface area contributed by atoms with Crippen LogP contribution in [-0.2, 0) is 14.3 Å². The van der Waals surface area contributed by atoms with Gasteiger partial charge in [0, 0.05) is 29.3 Å². The number of hydrogen-bond acceptors (Lipinski definition) is 4. The molecule has 0 radical (unpaired) electrons. The zero-order valence-corrected chi connectivity index (χ0v) is 19.1. The summed E-state index contributed by atoms with van der Waals surface area (Å²) >= 11 is 10.1. The Morgan fingerprint density at radius 1 is 1.40 bits per heavy atom. The Morgan fingerprint density at radius 3 is 2.33 bits per heavy atom. The number of nitrogens with one attached hydrogen (secondary N) is 1. The van der Waals surface area contributed by atoms with Gasteiger partial charge in [-0.2, -0.15) is 0 Å². The minimum Gasteiger partial charge on any atom is -0.491 e. The molecule has 1 heterocycles. The molecule has 8 heteroatoms. The van der Waals surface area contributed by atoms with E-state index < -0.39 is 5.83 Å². The van der Waals surface area contributed by atoms with Gasteiger partial charge < -0.3 is 14.8 Å². The Kier molecular flexibility index (Phi) is 24.3. The van der Waals surface area contributed by atoms with Crippen molar-refractivity contribution in [1.82, 2.24) is 5.32 Å². The van der Waals surface area contributed by atoms with Crippen LogP contribution in [0.5, 0.6) is 0 Å². The van der Waals surface area contributed by atoms with Gasteiger partial charge in [0.15, 0.2) is 6.61 Å². The molecule has 0 aliphatic carbocycles. The lowest BCUT2D eigenvalue weighted by Crippen LogP contribution is -2.22. The number of hydrogen-bond donors (Lipinski definition) is 1. The maximum atomic E-state index is 12.2. The van der Waals surface area contributed by atoms with Crippen LogP contribution in [0.4, 0.5) is 4.39 Å². The summed E-state index contributed by atoms with van der Waals surface area (Å²) in [7, 11) is 1.48. The summed E-state index contributed by atoms with van der Waals surface area (Å²) in [5, 5.41) is 2.83. The van der Waals surface area contributed by atoms with Crippen LogP contribution in [0.25, 0.3) is 0 Å². The predicted molar refractivity (Wildman–Crippen MR) is 127 cm³/mol. The molecule has 0 aromatic carbocycles. The normalized spacial score (nSPS) is 14.1. The molecule has 1 aliphatic rings. The van der Waals surface area contributed by atoms with Crippen molar-refractivity contribution < 1.29 is 18.7 Å². The van der Waals surface area contributed by atoms with Crippen LogP contribution in [-0.4, -0.2) is 38.1 Å². The third-order valence-corrected chi connectivity index (χ3v) is 3.18. The Hall–Kier alpha value is -2.57. The molecule has 0 spiro atoms. The number of carbonyl (C=O) groups excluding carboxylic acids is 1. The van der Waals surface area contributed by atoms with Gasteiger partial charge in [-0.15, -0.1) is 19.7 Å². The molecule has 1 atom stereocenters. The molecule has 0 fully saturated rings. The standard InChI is InChI=1S/C9H13NO.C7H9ClFNO2.C4H5Cl.C2H4/c1-4-7(3)9-10-8(5-2)6-11-9;1-10-7(11)5-12-3-2-6(9)4-8;1-3-4(2)5;1-2/h5,8H,2-4,6H2,1H3;2-4H,5H2,1H3,(H,10,11);3H,1-2H2;1-2H2/b;3-2+,6-4-;;. The summed E-state index contributed by atoms with van der Waals surface area (Å²) in [6.07, 6.45) is 6.24. The molecule has 1 rings (SSSR count). The highest BCUT2D eigenvalue weighted by molar-refractivity contribution is 6.30. The van der Waals surface area contributed by atoms with Crippen LogP contribution >= 0.6 is 23.2 Å². The van der Waals surface area contributed by atoms with E-state index in [0.717, 1.165) is 29.9 Å². The van der Waals surface area contributed by atoms with E-state index in [1.165, 1.54) is 13.1 Å². The second kappa shape index (κ2) is 22.7. The highest BCUT2D eigenvalue weighted by Gasteiger charge is 2.16.